The van der Waals surface area contributed by atoms with Crippen LogP contribution in [0.3, 0.4) is 0 Å². The lowest BCUT2D eigenvalue weighted by Gasteiger charge is -2.34. The van der Waals surface area contributed by atoms with Crippen LogP contribution in [0.4, 0.5) is 10.5 Å². The van der Waals surface area contributed by atoms with Crippen LogP contribution in [0.15, 0.2) is 53.4 Å². The van der Waals surface area contributed by atoms with Crippen molar-refractivity contribution in [3.63, 3.8) is 0 Å². The molecule has 2 fully saturated rings. The number of carbonyl (C=O) groups is 4. The Bertz CT molecular complexity index is 1310. The molecule has 4 amide bonds. The van der Waals surface area contributed by atoms with Gasteiger partial charge < -0.3 is 4.90 Å². The summed E-state index contributed by atoms with van der Waals surface area (Å²) >= 11 is 5.91. The zero-order chi connectivity index (χ0) is 26.2. The fraction of sp³-hybridized carbons (Fsp3) is 0.333. The number of ketones is 1. The highest BCUT2D eigenvalue weighted by molar-refractivity contribution is 7.89. The van der Waals surface area contributed by atoms with E-state index in [1.165, 1.54) is 45.3 Å². The molecule has 2 saturated heterocycles. The molecule has 0 aromatic heterocycles. The molecular weight excluding hydrogens is 508 g/mol. The van der Waals surface area contributed by atoms with E-state index in [2.05, 4.69) is 0 Å². The van der Waals surface area contributed by atoms with Gasteiger partial charge in [0.25, 0.3) is 5.91 Å². The van der Waals surface area contributed by atoms with Crippen molar-refractivity contribution in [2.75, 3.05) is 37.6 Å². The summed E-state index contributed by atoms with van der Waals surface area (Å²) in [5.74, 6) is -1.09. The van der Waals surface area contributed by atoms with Crippen molar-refractivity contribution >= 4 is 50.9 Å². The molecule has 0 bridgehead atoms. The SMILES string of the molecule is CC(=O)c1ccc(S(=O)(=O)N2CCN(C(=O)CN3C(=O)[C@H](C)N(c4ccc(Cl)cc4)C3=O)CC2)cc1. The fourth-order valence-corrected chi connectivity index (χ4v) is 5.78. The number of anilines is 1. The van der Waals surface area contributed by atoms with Gasteiger partial charge in [-0.25, -0.2) is 13.2 Å². The van der Waals surface area contributed by atoms with E-state index in [4.69, 9.17) is 11.6 Å². The number of nitrogens with zero attached hydrogens (tertiary/aromatic N) is 4. The van der Waals surface area contributed by atoms with Gasteiger partial charge >= 0.3 is 6.03 Å². The number of piperazine rings is 1. The van der Waals surface area contributed by atoms with Crippen LogP contribution in [-0.4, -0.2) is 84.9 Å². The summed E-state index contributed by atoms with van der Waals surface area (Å²) in [5, 5.41) is 0.491. The van der Waals surface area contributed by atoms with E-state index in [9.17, 15) is 27.6 Å². The second kappa shape index (κ2) is 10.00. The Hall–Kier alpha value is -3.28. The lowest BCUT2D eigenvalue weighted by Crippen LogP contribution is -2.53. The number of amides is 4. The number of hydrogen-bond donors (Lipinski definition) is 0. The number of carbonyl (C=O) groups excluding carboxylic acids is 4. The molecule has 4 rings (SSSR count). The van der Waals surface area contributed by atoms with Crippen LogP contribution in [0.5, 0.6) is 0 Å². The standard InChI is InChI=1S/C24H25ClN4O6S/c1-16-23(32)28(24(33)29(16)20-7-5-19(25)6-8-20)15-22(31)26-11-13-27(14-12-26)36(34,35)21-9-3-18(4-10-21)17(2)30/h3-10,16H,11-15H2,1-2H3/t16-/m0/s1. The number of Topliss-reactive ketones (excluding diaryl/α,β-unsaturated/α-hetero) is 1. The molecule has 0 N–H and O–H groups in total. The molecule has 0 spiro atoms. The minimum absolute atomic E-state index is 0.0665. The largest absolute Gasteiger partial charge is 0.338 e. The van der Waals surface area contributed by atoms with Gasteiger partial charge in [-0.1, -0.05) is 23.7 Å². The molecule has 12 heteroatoms. The van der Waals surface area contributed by atoms with Crippen LogP contribution in [0.25, 0.3) is 0 Å². The van der Waals surface area contributed by atoms with E-state index < -0.39 is 40.5 Å². The van der Waals surface area contributed by atoms with Gasteiger partial charge in [0, 0.05) is 42.5 Å². The van der Waals surface area contributed by atoms with Crippen LogP contribution >= 0.6 is 11.6 Å². The minimum Gasteiger partial charge on any atom is -0.338 e. The summed E-state index contributed by atoms with van der Waals surface area (Å²) in [4.78, 5) is 53.8. The Morgan fingerprint density at radius 1 is 0.944 bits per heavy atom. The number of sulfonamides is 1. The lowest BCUT2D eigenvalue weighted by molar-refractivity contribution is -0.137. The van der Waals surface area contributed by atoms with Crippen LogP contribution < -0.4 is 4.90 Å². The van der Waals surface area contributed by atoms with Crippen molar-refractivity contribution in [2.45, 2.75) is 24.8 Å². The zero-order valence-electron chi connectivity index (χ0n) is 19.8. The number of benzene rings is 2. The number of imide groups is 1. The van der Waals surface area contributed by atoms with E-state index >= 15 is 0 Å². The van der Waals surface area contributed by atoms with Gasteiger partial charge in [0.1, 0.15) is 12.6 Å². The number of hydrogen-bond acceptors (Lipinski definition) is 6. The highest BCUT2D eigenvalue weighted by Gasteiger charge is 2.44. The molecule has 0 saturated carbocycles. The average molecular weight is 533 g/mol. The monoisotopic (exact) mass is 532 g/mol. The van der Waals surface area contributed by atoms with Crippen molar-refractivity contribution < 1.29 is 27.6 Å². The summed E-state index contributed by atoms with van der Waals surface area (Å²) in [5.41, 5.74) is 0.912. The summed E-state index contributed by atoms with van der Waals surface area (Å²) in [6, 6.07) is 10.8. The summed E-state index contributed by atoms with van der Waals surface area (Å²) in [6.07, 6.45) is 0. The van der Waals surface area contributed by atoms with Crippen molar-refractivity contribution in [1.29, 1.82) is 0 Å². The molecule has 2 aliphatic heterocycles. The molecule has 190 valence electrons. The number of rotatable bonds is 6. The number of halogens is 1. The second-order valence-corrected chi connectivity index (χ2v) is 11.0. The summed E-state index contributed by atoms with van der Waals surface area (Å²) in [7, 11) is -3.79. The second-order valence-electron chi connectivity index (χ2n) is 8.59. The molecule has 0 unspecified atom stereocenters. The Morgan fingerprint density at radius 2 is 1.53 bits per heavy atom. The smallest absolute Gasteiger partial charge is 0.332 e. The van der Waals surface area contributed by atoms with Gasteiger partial charge in [-0.2, -0.15) is 4.31 Å². The first-order valence-corrected chi connectivity index (χ1v) is 13.1. The maximum Gasteiger partial charge on any atom is 0.332 e. The molecule has 2 aliphatic rings. The first kappa shape index (κ1) is 25.8. The maximum absolute atomic E-state index is 13.0. The van der Waals surface area contributed by atoms with Crippen molar-refractivity contribution in [1.82, 2.24) is 14.1 Å². The fourth-order valence-electron chi connectivity index (χ4n) is 4.23. The topological polar surface area (TPSA) is 115 Å². The molecule has 2 heterocycles. The van der Waals surface area contributed by atoms with Crippen molar-refractivity contribution in [3.8, 4) is 0 Å². The van der Waals surface area contributed by atoms with E-state index in [0.717, 1.165) is 4.90 Å². The summed E-state index contributed by atoms with van der Waals surface area (Å²) in [6.45, 7) is 2.94. The highest BCUT2D eigenvalue weighted by atomic mass is 35.5. The van der Waals surface area contributed by atoms with Gasteiger partial charge in [0.05, 0.1) is 4.90 Å². The zero-order valence-corrected chi connectivity index (χ0v) is 21.3. The molecule has 0 radical (unpaired) electrons. The maximum atomic E-state index is 13.0. The third kappa shape index (κ3) is 4.86. The molecule has 2 aromatic rings. The molecule has 36 heavy (non-hydrogen) atoms. The van der Waals surface area contributed by atoms with E-state index in [1.807, 2.05) is 0 Å². The molecular formula is C24H25ClN4O6S. The Balaban J connectivity index is 1.38. The van der Waals surface area contributed by atoms with Crippen molar-refractivity contribution in [3.05, 3.63) is 59.1 Å². The van der Waals surface area contributed by atoms with Gasteiger partial charge in [0.2, 0.25) is 15.9 Å². The molecule has 2 aromatic carbocycles. The molecule has 10 nitrogen and oxygen atoms in total. The lowest BCUT2D eigenvalue weighted by atomic mass is 10.2. The highest BCUT2D eigenvalue weighted by Crippen LogP contribution is 2.27. The van der Waals surface area contributed by atoms with Gasteiger partial charge in [0.15, 0.2) is 5.78 Å². The van der Waals surface area contributed by atoms with Gasteiger partial charge in [-0.05, 0) is 50.2 Å². The first-order chi connectivity index (χ1) is 17.0. The van der Waals surface area contributed by atoms with Gasteiger partial charge in [-0.15, -0.1) is 0 Å². The van der Waals surface area contributed by atoms with Crippen LogP contribution in [0.1, 0.15) is 24.2 Å². The van der Waals surface area contributed by atoms with E-state index in [1.54, 1.807) is 31.2 Å². The quantitative estimate of drug-likeness (QED) is 0.416. The Kier molecular flexibility index (Phi) is 7.17. The van der Waals surface area contributed by atoms with Crippen LogP contribution in [0.2, 0.25) is 5.02 Å². The van der Waals surface area contributed by atoms with Crippen molar-refractivity contribution in [2.24, 2.45) is 0 Å². The third-order valence-corrected chi connectivity index (χ3v) is 8.50. The van der Waals surface area contributed by atoms with Gasteiger partial charge in [-0.3, -0.25) is 24.2 Å². The number of urea groups is 1. The van der Waals surface area contributed by atoms with Crippen LogP contribution in [-0.2, 0) is 19.6 Å². The van der Waals surface area contributed by atoms with E-state index in [-0.39, 0.29) is 36.9 Å². The van der Waals surface area contributed by atoms with E-state index in [0.29, 0.717) is 16.3 Å². The predicted octanol–water partition coefficient (Wildman–Crippen LogP) is 2.23. The van der Waals surface area contributed by atoms with Crippen LogP contribution in [0, 0.1) is 0 Å². The summed E-state index contributed by atoms with van der Waals surface area (Å²) < 4.78 is 27.2. The molecule has 1 atom stereocenters. The Labute approximate surface area is 214 Å². The normalized spacial score (nSPS) is 19.2. The third-order valence-electron chi connectivity index (χ3n) is 6.34. The molecule has 0 aliphatic carbocycles. The first-order valence-electron chi connectivity index (χ1n) is 11.3. The Morgan fingerprint density at radius 3 is 2.08 bits per heavy atom. The average Bonchev–Trinajstić information content (AvgIpc) is 3.07. The predicted molar refractivity (Wildman–Crippen MR) is 132 cm³/mol. The minimum atomic E-state index is -3.79.